The van der Waals surface area contributed by atoms with Gasteiger partial charge in [-0.3, -0.25) is 0 Å². The van der Waals surface area contributed by atoms with E-state index in [-0.39, 0.29) is 23.0 Å². The Morgan fingerprint density at radius 3 is 1.72 bits per heavy atom. The maximum atomic E-state index is 2.62. The lowest BCUT2D eigenvalue weighted by Gasteiger charge is -2.45. The fraction of sp³-hybridized carbons (Fsp3) is 0.246. The van der Waals surface area contributed by atoms with Crippen molar-refractivity contribution in [3.63, 3.8) is 0 Å². The zero-order valence-electron chi connectivity index (χ0n) is 39.7. The van der Waals surface area contributed by atoms with Crippen molar-refractivity contribution in [2.75, 3.05) is 9.80 Å². The van der Waals surface area contributed by atoms with Gasteiger partial charge in [-0.15, -0.1) is 11.3 Å². The van der Waals surface area contributed by atoms with Gasteiger partial charge in [0.05, 0.1) is 5.69 Å². The Bertz CT molecular complexity index is 3220. The molecule has 0 saturated carbocycles. The largest absolute Gasteiger partial charge is 0.311 e. The molecule has 7 aromatic carbocycles. The van der Waals surface area contributed by atoms with Crippen molar-refractivity contribution in [1.29, 1.82) is 0 Å². The molecule has 0 fully saturated rings. The van der Waals surface area contributed by atoms with Crippen LogP contribution in [0.25, 0.3) is 26.8 Å². The van der Waals surface area contributed by atoms with E-state index >= 15 is 0 Å². The summed E-state index contributed by atoms with van der Waals surface area (Å²) in [7, 11) is 0. The van der Waals surface area contributed by atoms with Crippen LogP contribution in [-0.4, -0.2) is 6.71 Å². The Balaban J connectivity index is 1.16. The van der Waals surface area contributed by atoms with Crippen molar-refractivity contribution in [2.24, 2.45) is 0 Å². The fourth-order valence-electron chi connectivity index (χ4n) is 10.7. The van der Waals surface area contributed by atoms with E-state index in [1.807, 2.05) is 11.3 Å². The van der Waals surface area contributed by atoms with Gasteiger partial charge in [0.25, 0.3) is 6.71 Å². The highest BCUT2D eigenvalue weighted by molar-refractivity contribution is 7.20. The molecule has 2 nitrogen and oxygen atoms in total. The molecule has 4 heteroatoms. The van der Waals surface area contributed by atoms with Crippen LogP contribution in [0.3, 0.4) is 0 Å². The summed E-state index contributed by atoms with van der Waals surface area (Å²) in [6.07, 6.45) is 4.64. The predicted molar refractivity (Wildman–Crippen MR) is 284 cm³/mol. The molecular formula is C61H59BN2S. The quantitative estimate of drug-likeness (QED) is 0.163. The normalized spacial score (nSPS) is 14.5. The Morgan fingerprint density at radius 1 is 0.508 bits per heavy atom. The first-order valence-corrected chi connectivity index (χ1v) is 24.4. The first-order chi connectivity index (χ1) is 31.0. The second kappa shape index (κ2) is 15.0. The first kappa shape index (κ1) is 41.6. The van der Waals surface area contributed by atoms with Crippen LogP contribution in [0.4, 0.5) is 34.1 Å². The topological polar surface area (TPSA) is 6.48 Å². The molecule has 0 amide bonds. The number of allylic oxidation sites excluding steroid dienone is 1. The van der Waals surface area contributed by atoms with E-state index in [1.165, 1.54) is 116 Å². The summed E-state index contributed by atoms with van der Waals surface area (Å²) >= 11 is 1.95. The van der Waals surface area contributed by atoms with Gasteiger partial charge in [-0.2, -0.15) is 0 Å². The Morgan fingerprint density at radius 2 is 1.08 bits per heavy atom. The highest BCUT2D eigenvalue weighted by Gasteiger charge is 2.44. The summed E-state index contributed by atoms with van der Waals surface area (Å²) in [6, 6.07) is 56.3. The van der Waals surface area contributed by atoms with E-state index in [0.717, 1.165) is 12.8 Å². The third-order valence-corrected chi connectivity index (χ3v) is 15.5. The maximum Gasteiger partial charge on any atom is 0.252 e. The van der Waals surface area contributed by atoms with Crippen LogP contribution < -0.4 is 26.2 Å². The molecule has 0 unspecified atom stereocenters. The molecule has 65 heavy (non-hydrogen) atoms. The second-order valence-corrected chi connectivity index (χ2v) is 22.9. The summed E-state index contributed by atoms with van der Waals surface area (Å²) in [5, 5.41) is 1.42. The van der Waals surface area contributed by atoms with E-state index in [2.05, 4.69) is 231 Å². The molecule has 3 aliphatic rings. The lowest BCUT2D eigenvalue weighted by Crippen LogP contribution is -2.61. The van der Waals surface area contributed by atoms with Crippen LogP contribution in [0.2, 0.25) is 0 Å². The zero-order valence-corrected chi connectivity index (χ0v) is 40.5. The number of fused-ring (bicyclic) bond motifs is 7. The fourth-order valence-corrected chi connectivity index (χ4v) is 12.0. The molecule has 2 aliphatic heterocycles. The van der Waals surface area contributed by atoms with Gasteiger partial charge < -0.3 is 9.80 Å². The predicted octanol–water partition coefficient (Wildman–Crippen LogP) is 15.2. The molecular weight excluding hydrogens is 804 g/mol. The van der Waals surface area contributed by atoms with Crippen molar-refractivity contribution < 1.29 is 0 Å². The minimum atomic E-state index is -0.0294. The van der Waals surface area contributed by atoms with Crippen LogP contribution in [0.1, 0.15) is 107 Å². The summed E-state index contributed by atoms with van der Waals surface area (Å²) in [4.78, 5) is 6.64. The number of benzene rings is 7. The first-order valence-electron chi connectivity index (χ1n) is 23.6. The Kier molecular flexibility index (Phi) is 9.58. The number of rotatable bonds is 4. The molecule has 11 rings (SSSR count). The van der Waals surface area contributed by atoms with Crippen molar-refractivity contribution >= 4 is 84.2 Å². The number of thiophene rings is 1. The van der Waals surface area contributed by atoms with Crippen molar-refractivity contribution in [3.05, 3.63) is 190 Å². The molecule has 322 valence electrons. The van der Waals surface area contributed by atoms with Crippen LogP contribution in [0.15, 0.2) is 152 Å². The van der Waals surface area contributed by atoms with Crippen LogP contribution in [0.5, 0.6) is 0 Å². The number of hydrogen-bond donors (Lipinski definition) is 0. The van der Waals surface area contributed by atoms with Gasteiger partial charge in [0.15, 0.2) is 0 Å². The van der Waals surface area contributed by atoms with Gasteiger partial charge in [-0.25, -0.2) is 0 Å². The molecule has 0 spiro atoms. The van der Waals surface area contributed by atoms with Gasteiger partial charge in [-0.1, -0.05) is 159 Å². The van der Waals surface area contributed by atoms with Crippen LogP contribution in [-0.2, 0) is 22.7 Å². The molecule has 0 N–H and O–H groups in total. The SMILES string of the molecule is Cc1cc2c3c(c1)N(c1ccc(C(C)(C)C)cc1-c1ccccc1)c1cc(C(C)(C)C)ccc1B3c1ccc(C(C)(C)C)cc1N2c1ccc(C2=CCCc3c2sc2ccccc32)cc1. The van der Waals surface area contributed by atoms with Crippen molar-refractivity contribution in [2.45, 2.75) is 98.3 Å². The van der Waals surface area contributed by atoms with E-state index in [4.69, 9.17) is 0 Å². The zero-order chi connectivity index (χ0) is 45.2. The molecule has 0 saturated heterocycles. The van der Waals surface area contributed by atoms with Gasteiger partial charge in [0.1, 0.15) is 0 Å². The third-order valence-electron chi connectivity index (χ3n) is 14.3. The van der Waals surface area contributed by atoms with E-state index < -0.39 is 0 Å². The minimum absolute atomic E-state index is 0.00573. The third kappa shape index (κ3) is 6.90. The number of nitrogens with zero attached hydrogens (tertiary/aromatic N) is 2. The average molecular weight is 863 g/mol. The average Bonchev–Trinajstić information content (AvgIpc) is 3.67. The van der Waals surface area contributed by atoms with Crippen molar-refractivity contribution in [1.82, 2.24) is 0 Å². The summed E-state index contributed by atoms with van der Waals surface area (Å²) in [5.41, 5.74) is 23.3. The van der Waals surface area contributed by atoms with Crippen molar-refractivity contribution in [3.8, 4) is 11.1 Å². The molecule has 0 bridgehead atoms. The van der Waals surface area contributed by atoms with Crippen LogP contribution >= 0.6 is 11.3 Å². The summed E-state index contributed by atoms with van der Waals surface area (Å²) in [6.45, 7) is 23.3. The Labute approximate surface area is 391 Å². The number of hydrogen-bond acceptors (Lipinski definition) is 3. The second-order valence-electron chi connectivity index (χ2n) is 21.8. The van der Waals surface area contributed by atoms with E-state index in [9.17, 15) is 0 Å². The smallest absolute Gasteiger partial charge is 0.252 e. The summed E-state index contributed by atoms with van der Waals surface area (Å²) < 4.78 is 1.38. The lowest BCUT2D eigenvalue weighted by atomic mass is 9.33. The van der Waals surface area contributed by atoms with Crippen LogP contribution in [0, 0.1) is 6.92 Å². The van der Waals surface area contributed by atoms with Gasteiger partial charge >= 0.3 is 0 Å². The van der Waals surface area contributed by atoms with Gasteiger partial charge in [0, 0.05) is 43.6 Å². The highest BCUT2D eigenvalue weighted by Crippen LogP contribution is 2.49. The molecule has 1 aromatic heterocycles. The molecule has 8 aromatic rings. The molecule has 1 aliphatic carbocycles. The van der Waals surface area contributed by atoms with E-state index in [1.54, 1.807) is 0 Å². The lowest BCUT2D eigenvalue weighted by molar-refractivity contribution is 0.590. The highest BCUT2D eigenvalue weighted by atomic mass is 32.1. The summed E-state index contributed by atoms with van der Waals surface area (Å²) in [5.74, 6) is 0. The number of anilines is 6. The molecule has 0 radical (unpaired) electrons. The minimum Gasteiger partial charge on any atom is -0.311 e. The number of aryl methyl sites for hydroxylation is 2. The van der Waals surface area contributed by atoms with Gasteiger partial charge in [-0.05, 0) is 157 Å². The molecule has 0 atom stereocenters. The van der Waals surface area contributed by atoms with E-state index in [0.29, 0.717) is 0 Å². The monoisotopic (exact) mass is 862 g/mol. The van der Waals surface area contributed by atoms with Gasteiger partial charge in [0.2, 0.25) is 0 Å². The Hall–Kier alpha value is -6.10. The standard InChI is InChI=1S/C61H59BN2S/c1-38-33-54-57-55(34-38)64(51-32-27-41(59(2,3)4)35-48(51)39-17-12-11-13-18-39)53-37-43(61(8,9)10)26-31-50(53)62(57)49-30-25-42(60(5,6)7)36-52(49)63(54)44-28-23-40(24-29-44)45-20-16-21-47-46-19-14-15-22-56(46)65-58(45)47/h11-15,17-20,22-37H,16,21H2,1-10H3. The molecule has 3 heterocycles. The maximum absolute atomic E-state index is 2.62.